The number of amides is 1. The van der Waals surface area contributed by atoms with E-state index >= 15 is 0 Å². The van der Waals surface area contributed by atoms with Crippen LogP contribution in [0, 0.1) is 0 Å². The zero-order chi connectivity index (χ0) is 14.1. The molecule has 1 aliphatic carbocycles. The van der Waals surface area contributed by atoms with E-state index in [1.165, 1.54) is 6.20 Å². The molecule has 0 saturated carbocycles. The number of nitrogens with two attached hydrogens (primary N) is 2. The van der Waals surface area contributed by atoms with Crippen molar-refractivity contribution in [3.05, 3.63) is 53.3 Å². The number of ether oxygens (including phenoxy) is 1. The van der Waals surface area contributed by atoms with E-state index in [-0.39, 0.29) is 6.10 Å². The van der Waals surface area contributed by atoms with E-state index in [2.05, 4.69) is 4.98 Å². The minimum absolute atomic E-state index is 0.0570. The molecule has 20 heavy (non-hydrogen) atoms. The van der Waals surface area contributed by atoms with Crippen molar-refractivity contribution in [2.24, 2.45) is 5.73 Å². The fraction of sp³-hybridized carbons (Fsp3) is 0.200. The third kappa shape index (κ3) is 2.18. The fourth-order valence-electron chi connectivity index (χ4n) is 2.55. The molecule has 1 amide bonds. The van der Waals surface area contributed by atoms with Crippen molar-refractivity contribution in [1.29, 1.82) is 0 Å². The van der Waals surface area contributed by atoms with Gasteiger partial charge in [-0.2, -0.15) is 0 Å². The molecule has 0 aliphatic heterocycles. The Kier molecular flexibility index (Phi) is 3.02. The molecule has 5 nitrogen and oxygen atoms in total. The second-order valence-corrected chi connectivity index (χ2v) is 4.83. The van der Waals surface area contributed by atoms with Crippen LogP contribution in [0.25, 0.3) is 0 Å². The molecule has 4 N–H and O–H groups in total. The molecule has 1 aromatic carbocycles. The summed E-state index contributed by atoms with van der Waals surface area (Å²) in [7, 11) is 0. The lowest BCUT2D eigenvalue weighted by atomic mass is 10.1. The molecule has 1 heterocycles. The van der Waals surface area contributed by atoms with Crippen LogP contribution in [0.3, 0.4) is 0 Å². The van der Waals surface area contributed by atoms with E-state index < -0.39 is 5.91 Å². The average molecular weight is 269 g/mol. The molecule has 1 aromatic heterocycles. The Morgan fingerprint density at radius 2 is 2.20 bits per heavy atom. The van der Waals surface area contributed by atoms with Crippen LogP contribution in [0.5, 0.6) is 5.75 Å². The van der Waals surface area contributed by atoms with Crippen molar-refractivity contribution in [3.63, 3.8) is 0 Å². The lowest BCUT2D eigenvalue weighted by Gasteiger charge is -2.15. The van der Waals surface area contributed by atoms with E-state index in [0.29, 0.717) is 11.3 Å². The van der Waals surface area contributed by atoms with Gasteiger partial charge in [0.1, 0.15) is 11.9 Å². The summed E-state index contributed by atoms with van der Waals surface area (Å²) in [5.74, 6) is 0.0283. The highest BCUT2D eigenvalue weighted by Crippen LogP contribution is 2.37. The predicted octanol–water partition coefficient (Wildman–Crippen LogP) is 1.83. The number of nitrogens with zero attached hydrogens (tertiary/aromatic N) is 1. The van der Waals surface area contributed by atoms with Gasteiger partial charge in [0.05, 0.1) is 11.8 Å². The van der Waals surface area contributed by atoms with Crippen molar-refractivity contribution < 1.29 is 9.53 Å². The minimum atomic E-state index is -0.515. The van der Waals surface area contributed by atoms with Crippen LogP contribution in [0.2, 0.25) is 0 Å². The summed E-state index contributed by atoms with van der Waals surface area (Å²) >= 11 is 0. The first kappa shape index (κ1) is 12.5. The number of aromatic nitrogens is 1. The first-order valence-corrected chi connectivity index (χ1v) is 6.44. The second kappa shape index (κ2) is 4.85. The molecule has 0 radical (unpaired) electrons. The van der Waals surface area contributed by atoms with Crippen LogP contribution in [0.1, 0.15) is 34.0 Å². The van der Waals surface area contributed by atoms with Gasteiger partial charge < -0.3 is 16.2 Å². The van der Waals surface area contributed by atoms with Crippen LogP contribution in [-0.2, 0) is 6.42 Å². The molecule has 1 atom stereocenters. The van der Waals surface area contributed by atoms with E-state index in [1.54, 1.807) is 12.3 Å². The molecule has 0 spiro atoms. The third-order valence-corrected chi connectivity index (χ3v) is 3.53. The van der Waals surface area contributed by atoms with Gasteiger partial charge in [0.15, 0.2) is 0 Å². The number of carbonyl (C=O) groups is 1. The SMILES string of the molecule is NC(=O)c1cncc(OC2CCc3c(N)cccc32)c1. The number of nitrogen functional groups attached to an aromatic ring is 1. The first-order valence-electron chi connectivity index (χ1n) is 6.44. The summed E-state index contributed by atoms with van der Waals surface area (Å²) in [6.45, 7) is 0. The number of rotatable bonds is 3. The van der Waals surface area contributed by atoms with Gasteiger partial charge in [0.25, 0.3) is 0 Å². The summed E-state index contributed by atoms with van der Waals surface area (Å²) in [6.07, 6.45) is 4.71. The van der Waals surface area contributed by atoms with Gasteiger partial charge >= 0.3 is 0 Å². The standard InChI is InChI=1S/C15H15N3O2/c16-13-3-1-2-12-11(13)4-5-14(12)20-10-6-9(15(17)19)7-18-8-10/h1-3,6-8,14H,4-5,16H2,(H2,17,19). The summed E-state index contributed by atoms with van der Waals surface area (Å²) < 4.78 is 5.92. The highest BCUT2D eigenvalue weighted by atomic mass is 16.5. The van der Waals surface area contributed by atoms with Gasteiger partial charge in [-0.15, -0.1) is 0 Å². The largest absolute Gasteiger partial charge is 0.484 e. The summed E-state index contributed by atoms with van der Waals surface area (Å²) in [6, 6.07) is 7.46. The maximum atomic E-state index is 11.1. The van der Waals surface area contributed by atoms with Crippen molar-refractivity contribution in [2.75, 3.05) is 5.73 Å². The number of carbonyl (C=O) groups excluding carboxylic acids is 1. The summed E-state index contributed by atoms with van der Waals surface area (Å²) in [5, 5.41) is 0. The Morgan fingerprint density at radius 1 is 1.35 bits per heavy atom. The zero-order valence-corrected chi connectivity index (χ0v) is 10.9. The highest BCUT2D eigenvalue weighted by molar-refractivity contribution is 5.92. The molecule has 1 aliphatic rings. The topological polar surface area (TPSA) is 91.2 Å². The van der Waals surface area contributed by atoms with Crippen LogP contribution in [0.15, 0.2) is 36.7 Å². The fourth-order valence-corrected chi connectivity index (χ4v) is 2.55. The van der Waals surface area contributed by atoms with Crippen LogP contribution >= 0.6 is 0 Å². The molecule has 3 rings (SSSR count). The molecular formula is C15H15N3O2. The number of anilines is 1. The quantitative estimate of drug-likeness (QED) is 0.831. The highest BCUT2D eigenvalue weighted by Gasteiger charge is 2.25. The molecule has 0 saturated heterocycles. The molecule has 0 bridgehead atoms. The Hall–Kier alpha value is -2.56. The van der Waals surface area contributed by atoms with Gasteiger partial charge in [0.2, 0.25) is 5.91 Å². The van der Waals surface area contributed by atoms with Crippen molar-refractivity contribution in [2.45, 2.75) is 18.9 Å². The monoisotopic (exact) mass is 269 g/mol. The van der Waals surface area contributed by atoms with Gasteiger partial charge in [-0.25, -0.2) is 0 Å². The Balaban J connectivity index is 1.86. The van der Waals surface area contributed by atoms with Gasteiger partial charge in [-0.05, 0) is 36.1 Å². The summed E-state index contributed by atoms with van der Waals surface area (Å²) in [5.41, 5.74) is 14.6. The lowest BCUT2D eigenvalue weighted by molar-refractivity contribution is 0.0999. The number of pyridine rings is 1. The van der Waals surface area contributed by atoms with Crippen molar-refractivity contribution >= 4 is 11.6 Å². The van der Waals surface area contributed by atoms with E-state index in [4.69, 9.17) is 16.2 Å². The maximum absolute atomic E-state index is 11.1. The van der Waals surface area contributed by atoms with Crippen molar-refractivity contribution in [1.82, 2.24) is 4.98 Å². The molecule has 102 valence electrons. The zero-order valence-electron chi connectivity index (χ0n) is 10.9. The Labute approximate surface area is 116 Å². The van der Waals surface area contributed by atoms with Gasteiger partial charge in [-0.3, -0.25) is 9.78 Å². The number of hydrogen-bond acceptors (Lipinski definition) is 4. The van der Waals surface area contributed by atoms with Gasteiger partial charge in [0, 0.05) is 11.9 Å². The molecule has 5 heteroatoms. The second-order valence-electron chi connectivity index (χ2n) is 4.83. The summed E-state index contributed by atoms with van der Waals surface area (Å²) in [4.78, 5) is 15.1. The first-order chi connectivity index (χ1) is 9.65. The minimum Gasteiger partial charge on any atom is -0.484 e. The van der Waals surface area contributed by atoms with Crippen LogP contribution in [0.4, 0.5) is 5.69 Å². The van der Waals surface area contributed by atoms with E-state index in [9.17, 15) is 4.79 Å². The normalized spacial score (nSPS) is 16.7. The maximum Gasteiger partial charge on any atom is 0.250 e. The number of hydrogen-bond donors (Lipinski definition) is 2. The molecule has 2 aromatic rings. The average Bonchev–Trinajstić information content (AvgIpc) is 2.84. The molecular weight excluding hydrogens is 254 g/mol. The molecule has 0 fully saturated rings. The van der Waals surface area contributed by atoms with Crippen LogP contribution in [-0.4, -0.2) is 10.9 Å². The third-order valence-electron chi connectivity index (χ3n) is 3.53. The Bertz CT molecular complexity index is 670. The molecule has 1 unspecified atom stereocenters. The number of fused-ring (bicyclic) bond motifs is 1. The lowest BCUT2D eigenvalue weighted by Crippen LogP contribution is -2.12. The number of primary amides is 1. The van der Waals surface area contributed by atoms with E-state index in [0.717, 1.165) is 29.7 Å². The smallest absolute Gasteiger partial charge is 0.250 e. The van der Waals surface area contributed by atoms with Gasteiger partial charge in [-0.1, -0.05) is 12.1 Å². The van der Waals surface area contributed by atoms with Crippen molar-refractivity contribution in [3.8, 4) is 5.75 Å². The Morgan fingerprint density at radius 3 is 3.00 bits per heavy atom. The van der Waals surface area contributed by atoms with E-state index in [1.807, 2.05) is 18.2 Å². The number of benzene rings is 1. The van der Waals surface area contributed by atoms with Crippen LogP contribution < -0.4 is 16.2 Å². The predicted molar refractivity (Wildman–Crippen MR) is 75.3 cm³/mol.